The molecule has 0 fully saturated rings. The fourth-order valence-electron chi connectivity index (χ4n) is 2.87. The average molecular weight is 405 g/mol. The molecule has 1 aliphatic heterocycles. The van der Waals surface area contributed by atoms with Crippen LogP contribution in [0, 0.1) is 11.3 Å². The summed E-state index contributed by atoms with van der Waals surface area (Å²) >= 11 is 0. The number of methoxy groups -OCH3 is 1. The fourth-order valence-corrected chi connectivity index (χ4v) is 2.87. The first kappa shape index (κ1) is 24.2. The molecule has 1 aliphatic rings. The van der Waals surface area contributed by atoms with Crippen molar-refractivity contribution in [2.75, 3.05) is 7.11 Å². The van der Waals surface area contributed by atoms with Gasteiger partial charge in [-0.15, -0.1) is 0 Å². The topological polar surface area (TPSA) is 108 Å². The van der Waals surface area contributed by atoms with Crippen LogP contribution in [0.2, 0.25) is 0 Å². The normalized spacial score (nSPS) is 20.2. The van der Waals surface area contributed by atoms with Gasteiger partial charge in [-0.1, -0.05) is 57.6 Å². The summed E-state index contributed by atoms with van der Waals surface area (Å²) < 4.78 is 10.3. The minimum absolute atomic E-state index is 0.0219. The van der Waals surface area contributed by atoms with Crippen LogP contribution in [0.15, 0.2) is 47.8 Å². The third-order valence-corrected chi connectivity index (χ3v) is 4.48. The van der Waals surface area contributed by atoms with Crippen LogP contribution in [0.3, 0.4) is 0 Å². The fraction of sp³-hybridized carbons (Fsp3) is 0.500. The summed E-state index contributed by atoms with van der Waals surface area (Å²) in [5, 5.41) is 2.62. The first-order chi connectivity index (χ1) is 13.5. The van der Waals surface area contributed by atoms with Crippen molar-refractivity contribution in [1.29, 1.82) is 0 Å². The third-order valence-electron chi connectivity index (χ3n) is 4.48. The molecule has 0 bridgehead atoms. The van der Waals surface area contributed by atoms with Gasteiger partial charge in [-0.3, -0.25) is 9.59 Å². The maximum Gasteiger partial charge on any atom is 0.373 e. The van der Waals surface area contributed by atoms with E-state index in [1.54, 1.807) is 18.2 Å². The lowest BCUT2D eigenvalue weighted by molar-refractivity contribution is -0.151. The van der Waals surface area contributed by atoms with Crippen LogP contribution < -0.4 is 11.1 Å². The highest BCUT2D eigenvalue weighted by Gasteiger charge is 2.30. The quantitative estimate of drug-likeness (QED) is 0.367. The van der Waals surface area contributed by atoms with E-state index in [4.69, 9.17) is 15.2 Å². The minimum atomic E-state index is -0.753. The van der Waals surface area contributed by atoms with E-state index in [-0.39, 0.29) is 17.8 Å². The molecule has 0 saturated heterocycles. The van der Waals surface area contributed by atoms with E-state index in [1.807, 2.05) is 46.8 Å². The maximum absolute atomic E-state index is 12.0. The molecular weight excluding hydrogens is 372 g/mol. The Labute approximate surface area is 172 Å². The number of carbonyl (C=O) groups is 3. The summed E-state index contributed by atoms with van der Waals surface area (Å²) in [5.41, 5.74) is 5.85. The number of carbonyl (C=O) groups excluding carboxylic acids is 3. The highest BCUT2D eigenvalue weighted by Crippen LogP contribution is 2.22. The molecular formula is C22H32N2O5. The van der Waals surface area contributed by atoms with Crippen molar-refractivity contribution in [3.8, 4) is 0 Å². The number of cyclic esters (lactones) is 1. The molecule has 0 aromatic rings. The molecule has 7 nitrogen and oxygen atoms in total. The number of ether oxygens (including phenoxy) is 2. The van der Waals surface area contributed by atoms with Crippen LogP contribution in [-0.4, -0.2) is 37.0 Å². The van der Waals surface area contributed by atoms with E-state index in [0.717, 1.165) is 5.57 Å². The predicted octanol–water partition coefficient (Wildman–Crippen LogP) is 2.54. The molecule has 0 aromatic heterocycles. The first-order valence-electron chi connectivity index (χ1n) is 9.53. The van der Waals surface area contributed by atoms with Gasteiger partial charge < -0.3 is 20.5 Å². The van der Waals surface area contributed by atoms with Crippen LogP contribution in [0.5, 0.6) is 0 Å². The summed E-state index contributed by atoms with van der Waals surface area (Å²) in [6, 6.07) is -0.753. The zero-order valence-corrected chi connectivity index (χ0v) is 18.0. The lowest BCUT2D eigenvalue weighted by Gasteiger charge is -2.28. The van der Waals surface area contributed by atoms with Crippen LogP contribution in [0.1, 0.15) is 41.0 Å². The number of primary amides is 1. The number of rotatable bonds is 8. The SMILES string of the molecule is COC1=CC[C@@H]([C@@H](C)C=C(C)C=CC=CC(=O)N[C@@H](C(N)=O)C(C)(C)C)OC1=O. The molecule has 0 unspecified atom stereocenters. The van der Waals surface area contributed by atoms with Gasteiger partial charge in [0.1, 0.15) is 12.1 Å². The van der Waals surface area contributed by atoms with Crippen LogP contribution in [0.4, 0.5) is 0 Å². The number of nitrogens with one attached hydrogen (secondary N) is 1. The predicted molar refractivity (Wildman–Crippen MR) is 111 cm³/mol. The molecule has 7 heteroatoms. The molecule has 160 valence electrons. The van der Waals surface area contributed by atoms with Gasteiger partial charge >= 0.3 is 5.97 Å². The van der Waals surface area contributed by atoms with Gasteiger partial charge in [0, 0.05) is 18.4 Å². The van der Waals surface area contributed by atoms with Crippen molar-refractivity contribution in [2.24, 2.45) is 17.1 Å². The van der Waals surface area contributed by atoms with Gasteiger partial charge in [-0.25, -0.2) is 4.79 Å². The second kappa shape index (κ2) is 10.6. The van der Waals surface area contributed by atoms with Gasteiger partial charge in [0.2, 0.25) is 11.8 Å². The minimum Gasteiger partial charge on any atom is -0.490 e. The number of esters is 1. The number of nitrogens with two attached hydrogens (primary N) is 1. The first-order valence-corrected chi connectivity index (χ1v) is 9.53. The summed E-state index contributed by atoms with van der Waals surface area (Å²) in [4.78, 5) is 35.3. The van der Waals surface area contributed by atoms with E-state index in [1.165, 1.54) is 13.2 Å². The lowest BCUT2D eigenvalue weighted by Crippen LogP contribution is -2.51. The highest BCUT2D eigenvalue weighted by molar-refractivity contribution is 5.93. The largest absolute Gasteiger partial charge is 0.490 e. The molecule has 1 heterocycles. The molecule has 0 saturated carbocycles. The molecule has 3 N–H and O–H groups in total. The van der Waals surface area contributed by atoms with Crippen molar-refractivity contribution < 1.29 is 23.9 Å². The molecule has 3 atom stereocenters. The second-order valence-corrected chi connectivity index (χ2v) is 8.15. The molecule has 0 aromatic carbocycles. The van der Waals surface area contributed by atoms with Gasteiger partial charge in [0.05, 0.1) is 7.11 Å². The second-order valence-electron chi connectivity index (χ2n) is 8.15. The molecule has 2 amide bonds. The van der Waals surface area contributed by atoms with Crippen molar-refractivity contribution >= 4 is 17.8 Å². The summed E-state index contributed by atoms with van der Waals surface area (Å²) in [5.74, 6) is -1.15. The Morgan fingerprint density at radius 2 is 1.93 bits per heavy atom. The summed E-state index contributed by atoms with van der Waals surface area (Å²) in [6.07, 6.45) is 10.6. The molecule has 1 rings (SSSR count). The number of hydrogen-bond acceptors (Lipinski definition) is 5. The third kappa shape index (κ3) is 7.97. The van der Waals surface area contributed by atoms with E-state index < -0.39 is 29.2 Å². The molecule has 0 spiro atoms. The van der Waals surface area contributed by atoms with E-state index in [9.17, 15) is 14.4 Å². The Morgan fingerprint density at radius 3 is 2.45 bits per heavy atom. The monoisotopic (exact) mass is 404 g/mol. The van der Waals surface area contributed by atoms with E-state index >= 15 is 0 Å². The van der Waals surface area contributed by atoms with Gasteiger partial charge in [-0.05, 0) is 18.4 Å². The molecule has 29 heavy (non-hydrogen) atoms. The number of hydrogen-bond donors (Lipinski definition) is 2. The van der Waals surface area contributed by atoms with Crippen molar-refractivity contribution in [1.82, 2.24) is 5.32 Å². The van der Waals surface area contributed by atoms with E-state index in [0.29, 0.717) is 6.42 Å². The summed E-state index contributed by atoms with van der Waals surface area (Å²) in [6.45, 7) is 9.39. The van der Waals surface area contributed by atoms with Gasteiger partial charge in [0.25, 0.3) is 0 Å². The van der Waals surface area contributed by atoms with Crippen LogP contribution in [0.25, 0.3) is 0 Å². The van der Waals surface area contributed by atoms with Crippen LogP contribution >= 0.6 is 0 Å². The van der Waals surface area contributed by atoms with E-state index in [2.05, 4.69) is 5.32 Å². The molecule has 0 aliphatic carbocycles. The van der Waals surface area contributed by atoms with Crippen molar-refractivity contribution in [2.45, 2.75) is 53.2 Å². The molecule has 0 radical (unpaired) electrons. The van der Waals surface area contributed by atoms with Crippen LogP contribution in [-0.2, 0) is 23.9 Å². The summed E-state index contributed by atoms with van der Waals surface area (Å²) in [7, 11) is 1.44. The van der Waals surface area contributed by atoms with Gasteiger partial charge in [0.15, 0.2) is 5.76 Å². The Balaban J connectivity index is 2.62. The number of amides is 2. The Morgan fingerprint density at radius 1 is 1.31 bits per heavy atom. The van der Waals surface area contributed by atoms with Crippen molar-refractivity contribution in [3.05, 3.63) is 47.8 Å². The standard InChI is InChI=1S/C22H32N2O5/c1-14(13-15(2)16-11-12-17(28-6)21(27)29-16)9-7-8-10-18(25)24-19(20(23)26)22(3,4)5/h7-10,12-13,15-16,19H,11H2,1-6H3,(H2,23,26)(H,24,25)/t15-,16-,19-/m0/s1. The maximum atomic E-state index is 12.0. The average Bonchev–Trinajstić information content (AvgIpc) is 2.61. The number of allylic oxidation sites excluding steroid dienone is 4. The zero-order valence-electron chi connectivity index (χ0n) is 18.0. The Kier molecular flexibility index (Phi) is 8.88. The van der Waals surface area contributed by atoms with Crippen molar-refractivity contribution in [3.63, 3.8) is 0 Å². The smallest absolute Gasteiger partial charge is 0.373 e. The Hall–Kier alpha value is -2.83. The van der Waals surface area contributed by atoms with Gasteiger partial charge in [-0.2, -0.15) is 0 Å². The highest BCUT2D eigenvalue weighted by atomic mass is 16.6. The lowest BCUT2D eigenvalue weighted by atomic mass is 9.86. The Bertz CT molecular complexity index is 741. The zero-order chi connectivity index (χ0) is 22.2.